The van der Waals surface area contributed by atoms with Crippen LogP contribution in [0.15, 0.2) is 0 Å². The molecule has 2 N–H and O–H groups in total. The van der Waals surface area contributed by atoms with Gasteiger partial charge in [-0.25, -0.2) is 4.79 Å². The van der Waals surface area contributed by atoms with Crippen LogP contribution in [0.5, 0.6) is 0 Å². The summed E-state index contributed by atoms with van der Waals surface area (Å²) < 4.78 is 8.24. The van der Waals surface area contributed by atoms with Crippen LogP contribution < -0.4 is 10.0 Å². The summed E-state index contributed by atoms with van der Waals surface area (Å²) in [6, 6.07) is 0. The molecule has 0 saturated carbocycles. The third kappa shape index (κ3) is 11.5. The predicted octanol–water partition coefficient (Wildman–Crippen LogP) is 2.16. The molecule has 0 unspecified atom stereocenters. The second-order valence-corrected chi connectivity index (χ2v) is 4.93. The number of rotatable bonds is 6. The van der Waals surface area contributed by atoms with E-state index in [4.69, 9.17) is 4.74 Å². The topological polar surface area (TPSA) is 50.4 Å². The van der Waals surface area contributed by atoms with Crippen molar-refractivity contribution in [2.75, 3.05) is 19.3 Å². The summed E-state index contributed by atoms with van der Waals surface area (Å²) in [6.07, 6.45) is 3.68. The fourth-order valence-electron chi connectivity index (χ4n) is 0.929. The van der Waals surface area contributed by atoms with Gasteiger partial charge < -0.3 is 10.1 Å². The lowest BCUT2D eigenvalue weighted by Crippen LogP contribution is -2.33. The largest absolute Gasteiger partial charge is 0.444 e. The highest BCUT2D eigenvalue weighted by Gasteiger charge is 2.15. The highest BCUT2D eigenvalue weighted by atomic mass is 32.2. The molecule has 0 aliphatic rings. The third-order valence-corrected chi connectivity index (χ3v) is 2.01. The molecular formula is C10H22N2O2S. The van der Waals surface area contributed by atoms with E-state index in [2.05, 4.69) is 10.0 Å². The highest BCUT2D eigenvalue weighted by molar-refractivity contribution is 7.96. The molecule has 90 valence electrons. The van der Waals surface area contributed by atoms with Crippen molar-refractivity contribution in [1.29, 1.82) is 0 Å². The van der Waals surface area contributed by atoms with Gasteiger partial charge in [-0.3, -0.25) is 4.72 Å². The molecule has 0 rings (SSSR count). The van der Waals surface area contributed by atoms with Crippen LogP contribution in [-0.2, 0) is 4.74 Å². The summed E-state index contributed by atoms with van der Waals surface area (Å²) in [5, 5.41) is 2.72. The maximum atomic E-state index is 11.2. The zero-order chi connectivity index (χ0) is 11.7. The third-order valence-electron chi connectivity index (χ3n) is 1.52. The van der Waals surface area contributed by atoms with Crippen molar-refractivity contribution in [3.8, 4) is 0 Å². The van der Waals surface area contributed by atoms with E-state index in [0.29, 0.717) is 6.54 Å². The van der Waals surface area contributed by atoms with Crippen molar-refractivity contribution in [1.82, 2.24) is 10.0 Å². The first-order chi connectivity index (χ1) is 6.95. The normalized spacial score (nSPS) is 11.2. The van der Waals surface area contributed by atoms with Gasteiger partial charge >= 0.3 is 6.09 Å². The van der Waals surface area contributed by atoms with Crippen molar-refractivity contribution in [2.24, 2.45) is 0 Å². The zero-order valence-corrected chi connectivity index (χ0v) is 10.9. The molecule has 0 saturated heterocycles. The first kappa shape index (κ1) is 14.6. The van der Waals surface area contributed by atoms with Gasteiger partial charge in [-0.1, -0.05) is 11.9 Å². The van der Waals surface area contributed by atoms with E-state index in [9.17, 15) is 4.79 Å². The molecule has 0 spiro atoms. The van der Waals surface area contributed by atoms with Gasteiger partial charge in [-0.2, -0.15) is 0 Å². The van der Waals surface area contributed by atoms with Gasteiger partial charge in [-0.15, -0.1) is 0 Å². The van der Waals surface area contributed by atoms with Crippen LogP contribution >= 0.6 is 11.9 Å². The minimum Gasteiger partial charge on any atom is -0.444 e. The number of hydrogen-bond acceptors (Lipinski definition) is 4. The average Bonchev–Trinajstić information content (AvgIpc) is 2.08. The van der Waals surface area contributed by atoms with Gasteiger partial charge in [0, 0.05) is 13.1 Å². The zero-order valence-electron chi connectivity index (χ0n) is 10.1. The smallest absolute Gasteiger partial charge is 0.407 e. The number of carbonyl (C=O) groups excluding carboxylic acids is 1. The molecule has 5 heteroatoms. The maximum Gasteiger partial charge on any atom is 0.407 e. The number of alkyl carbamates (subject to hydrolysis) is 1. The van der Waals surface area contributed by atoms with E-state index in [1.807, 2.05) is 27.0 Å². The molecule has 0 aliphatic heterocycles. The summed E-state index contributed by atoms with van der Waals surface area (Å²) in [4.78, 5) is 11.2. The van der Waals surface area contributed by atoms with E-state index in [1.165, 1.54) is 0 Å². The van der Waals surface area contributed by atoms with Gasteiger partial charge in [0.1, 0.15) is 5.60 Å². The van der Waals surface area contributed by atoms with Gasteiger partial charge in [0.15, 0.2) is 0 Å². The second-order valence-electron chi connectivity index (χ2n) is 4.23. The van der Waals surface area contributed by atoms with Crippen molar-refractivity contribution in [2.45, 2.75) is 39.2 Å². The standard InChI is InChI=1S/C10H22N2O2S/c1-10(2,3)14-9(13)11-7-5-6-8-12-15-4/h12H,5-8H2,1-4H3,(H,11,13). The monoisotopic (exact) mass is 234 g/mol. The lowest BCUT2D eigenvalue weighted by Gasteiger charge is -2.19. The molecule has 0 aliphatic carbocycles. The van der Waals surface area contributed by atoms with E-state index < -0.39 is 5.60 Å². The van der Waals surface area contributed by atoms with Crippen LogP contribution in [0.3, 0.4) is 0 Å². The Morgan fingerprint density at radius 2 is 1.87 bits per heavy atom. The molecule has 1 amide bonds. The summed E-state index contributed by atoms with van der Waals surface area (Å²) in [5.74, 6) is 0. The number of nitrogens with one attached hydrogen (secondary N) is 2. The van der Waals surface area contributed by atoms with Gasteiger partial charge in [0.2, 0.25) is 0 Å². The summed E-state index contributed by atoms with van der Waals surface area (Å²) in [7, 11) is 0. The van der Waals surface area contributed by atoms with Crippen molar-refractivity contribution in [3.63, 3.8) is 0 Å². The maximum absolute atomic E-state index is 11.2. The Kier molecular flexibility index (Phi) is 7.60. The number of ether oxygens (including phenoxy) is 1. The average molecular weight is 234 g/mol. The summed E-state index contributed by atoms with van der Waals surface area (Å²) in [5.41, 5.74) is -0.412. The molecule has 0 aromatic rings. The highest BCUT2D eigenvalue weighted by Crippen LogP contribution is 2.06. The number of hydrogen-bond donors (Lipinski definition) is 2. The first-order valence-electron chi connectivity index (χ1n) is 5.18. The Balaban J connectivity index is 3.32. The Labute approximate surface area is 96.7 Å². The van der Waals surface area contributed by atoms with Crippen LogP contribution in [-0.4, -0.2) is 31.0 Å². The Morgan fingerprint density at radius 3 is 2.40 bits per heavy atom. The Hall–Kier alpha value is -0.420. The van der Waals surface area contributed by atoms with Gasteiger partial charge in [0.05, 0.1) is 0 Å². The molecule has 0 bridgehead atoms. The van der Waals surface area contributed by atoms with Crippen LogP contribution in [0, 0.1) is 0 Å². The Bertz CT molecular complexity index is 181. The van der Waals surface area contributed by atoms with Crippen LogP contribution in [0.25, 0.3) is 0 Å². The summed E-state index contributed by atoms with van der Waals surface area (Å²) >= 11 is 1.61. The molecule has 0 aromatic carbocycles. The fraction of sp³-hybridized carbons (Fsp3) is 0.900. The SMILES string of the molecule is CSNCCCCNC(=O)OC(C)(C)C. The molecule has 0 aromatic heterocycles. The quantitative estimate of drug-likeness (QED) is 0.546. The Morgan fingerprint density at radius 1 is 1.27 bits per heavy atom. The van der Waals surface area contributed by atoms with E-state index >= 15 is 0 Å². The van der Waals surface area contributed by atoms with E-state index in [0.717, 1.165) is 19.4 Å². The predicted molar refractivity (Wildman–Crippen MR) is 65.0 cm³/mol. The van der Waals surface area contributed by atoms with Crippen molar-refractivity contribution < 1.29 is 9.53 Å². The molecule has 15 heavy (non-hydrogen) atoms. The minimum absolute atomic E-state index is 0.333. The summed E-state index contributed by atoms with van der Waals surface area (Å²) in [6.45, 7) is 7.21. The van der Waals surface area contributed by atoms with E-state index in [1.54, 1.807) is 11.9 Å². The molecule has 0 fully saturated rings. The van der Waals surface area contributed by atoms with Gasteiger partial charge in [-0.05, 0) is 39.9 Å². The second kappa shape index (κ2) is 7.82. The van der Waals surface area contributed by atoms with E-state index in [-0.39, 0.29) is 6.09 Å². The van der Waals surface area contributed by atoms with Crippen molar-refractivity contribution in [3.05, 3.63) is 0 Å². The van der Waals surface area contributed by atoms with Crippen LogP contribution in [0.4, 0.5) is 4.79 Å². The fourth-order valence-corrected chi connectivity index (χ4v) is 1.28. The van der Waals surface area contributed by atoms with Crippen molar-refractivity contribution >= 4 is 18.0 Å². The lowest BCUT2D eigenvalue weighted by molar-refractivity contribution is 0.0527. The number of unbranched alkanes of at least 4 members (excludes halogenated alkanes) is 1. The first-order valence-corrected chi connectivity index (χ1v) is 6.41. The molecule has 0 radical (unpaired) electrons. The number of amides is 1. The molecular weight excluding hydrogens is 212 g/mol. The van der Waals surface area contributed by atoms with Gasteiger partial charge in [0.25, 0.3) is 0 Å². The lowest BCUT2D eigenvalue weighted by atomic mass is 10.2. The van der Waals surface area contributed by atoms with Crippen LogP contribution in [0.2, 0.25) is 0 Å². The minimum atomic E-state index is -0.412. The molecule has 0 heterocycles. The van der Waals surface area contributed by atoms with Crippen LogP contribution in [0.1, 0.15) is 33.6 Å². The molecule has 4 nitrogen and oxygen atoms in total. The number of carbonyl (C=O) groups is 1. The molecule has 0 atom stereocenters.